The van der Waals surface area contributed by atoms with Crippen LogP contribution in [0.4, 0.5) is 0 Å². The smallest absolute Gasteiger partial charge is 0.270 e. The normalized spacial score (nSPS) is 15.6. The van der Waals surface area contributed by atoms with Crippen LogP contribution >= 0.6 is 33.9 Å². The van der Waals surface area contributed by atoms with Crippen LogP contribution in [0.3, 0.4) is 0 Å². The molecule has 0 unspecified atom stereocenters. The molecule has 1 N–H and O–H groups in total. The lowest BCUT2D eigenvalue weighted by molar-refractivity contribution is 0.433. The molecule has 0 amide bonds. The second-order valence-electron chi connectivity index (χ2n) is 6.64. The summed E-state index contributed by atoms with van der Waals surface area (Å²) >= 11 is 3.94. The molecule has 0 saturated carbocycles. The van der Waals surface area contributed by atoms with Gasteiger partial charge in [0.05, 0.1) is 16.9 Å². The van der Waals surface area contributed by atoms with Crippen molar-refractivity contribution >= 4 is 39.6 Å². The molecule has 0 bridgehead atoms. The van der Waals surface area contributed by atoms with Crippen LogP contribution in [-0.2, 0) is 0 Å². The summed E-state index contributed by atoms with van der Waals surface area (Å²) in [7, 11) is 0. The van der Waals surface area contributed by atoms with E-state index in [1.165, 1.54) is 5.01 Å². The lowest BCUT2D eigenvalue weighted by Crippen LogP contribution is -2.26. The number of piperidine rings is 1. The molecule has 0 aromatic carbocycles. The molecule has 138 valence electrons. The maximum absolute atomic E-state index is 5.58. The number of fused-ring (bicyclic) bond motifs is 1. The molecule has 5 heterocycles. The molecule has 4 aromatic heterocycles. The number of nitrogens with zero attached hydrogens (tertiary/aromatic N) is 5. The first-order valence-electron chi connectivity index (χ1n) is 8.84. The summed E-state index contributed by atoms with van der Waals surface area (Å²) in [4.78, 5) is 14.7. The van der Waals surface area contributed by atoms with Gasteiger partial charge in [-0.15, -0.1) is 11.3 Å². The number of pyridine rings is 1. The van der Waals surface area contributed by atoms with E-state index < -0.39 is 0 Å². The lowest BCUT2D eigenvalue weighted by Gasteiger charge is -2.20. The van der Waals surface area contributed by atoms with Gasteiger partial charge in [0.2, 0.25) is 5.82 Å². The molecule has 5 rings (SSSR count). The van der Waals surface area contributed by atoms with Crippen LogP contribution < -0.4 is 5.32 Å². The van der Waals surface area contributed by atoms with Crippen molar-refractivity contribution in [3.8, 4) is 22.2 Å². The number of imidazole rings is 1. The second-order valence-corrected chi connectivity index (χ2v) is 8.78. The number of thiazole rings is 1. The maximum atomic E-state index is 5.58. The Balaban J connectivity index is 1.47. The van der Waals surface area contributed by atoms with E-state index in [-0.39, 0.29) is 0 Å². The highest BCUT2D eigenvalue weighted by atomic mass is 127. The minimum Gasteiger partial charge on any atom is -0.333 e. The standard InChI is InChI=1S/C18H17IN6OS/c1-10-15(27-18(22-10)11-4-6-20-7-5-11)17-23-16(24-26-17)12-2-3-14-21-8-13(19)25(14)9-12/h2-3,8-9,11,20H,4-7H2,1H3. The zero-order chi connectivity index (χ0) is 18.4. The second kappa shape index (κ2) is 6.95. The van der Waals surface area contributed by atoms with Gasteiger partial charge in [0.15, 0.2) is 0 Å². The Kier molecular flexibility index (Phi) is 4.44. The van der Waals surface area contributed by atoms with E-state index in [9.17, 15) is 0 Å². The summed E-state index contributed by atoms with van der Waals surface area (Å²) in [6.45, 7) is 4.12. The monoisotopic (exact) mass is 492 g/mol. The molecule has 1 fully saturated rings. The van der Waals surface area contributed by atoms with Crippen LogP contribution in [0.15, 0.2) is 29.0 Å². The quantitative estimate of drug-likeness (QED) is 0.438. The highest BCUT2D eigenvalue weighted by Gasteiger charge is 2.23. The van der Waals surface area contributed by atoms with E-state index in [1.807, 2.05) is 35.9 Å². The van der Waals surface area contributed by atoms with Crippen LogP contribution in [0.1, 0.15) is 29.5 Å². The summed E-state index contributed by atoms with van der Waals surface area (Å²) in [5.74, 6) is 1.64. The molecule has 1 aliphatic heterocycles. The first-order valence-corrected chi connectivity index (χ1v) is 10.7. The maximum Gasteiger partial charge on any atom is 0.270 e. The summed E-state index contributed by atoms with van der Waals surface area (Å²) in [6, 6.07) is 3.92. The average molecular weight is 492 g/mol. The van der Waals surface area contributed by atoms with Crippen molar-refractivity contribution in [1.29, 1.82) is 0 Å². The van der Waals surface area contributed by atoms with Gasteiger partial charge >= 0.3 is 0 Å². The van der Waals surface area contributed by atoms with Gasteiger partial charge in [0.25, 0.3) is 5.89 Å². The van der Waals surface area contributed by atoms with E-state index in [0.717, 1.165) is 51.4 Å². The Hall–Kier alpha value is -1.85. The van der Waals surface area contributed by atoms with Crippen molar-refractivity contribution in [3.63, 3.8) is 0 Å². The third kappa shape index (κ3) is 3.17. The summed E-state index contributed by atoms with van der Waals surface area (Å²) in [6.07, 6.45) is 6.08. The van der Waals surface area contributed by atoms with E-state index in [4.69, 9.17) is 9.51 Å². The minimum absolute atomic E-state index is 0.525. The van der Waals surface area contributed by atoms with E-state index in [2.05, 4.69) is 43.0 Å². The van der Waals surface area contributed by atoms with E-state index in [0.29, 0.717) is 17.6 Å². The number of aromatic nitrogens is 5. The van der Waals surface area contributed by atoms with Crippen LogP contribution in [0, 0.1) is 10.6 Å². The van der Waals surface area contributed by atoms with E-state index in [1.54, 1.807) is 11.3 Å². The van der Waals surface area contributed by atoms with Crippen molar-refractivity contribution < 1.29 is 4.52 Å². The number of hydrogen-bond acceptors (Lipinski definition) is 7. The first-order chi connectivity index (χ1) is 13.2. The SMILES string of the molecule is Cc1nc(C2CCNCC2)sc1-c1nc(-c2ccc3ncc(I)n3c2)no1. The highest BCUT2D eigenvalue weighted by molar-refractivity contribution is 14.1. The zero-order valence-corrected chi connectivity index (χ0v) is 17.6. The van der Waals surface area contributed by atoms with Crippen molar-refractivity contribution in [1.82, 2.24) is 29.8 Å². The van der Waals surface area contributed by atoms with Gasteiger partial charge in [0, 0.05) is 17.7 Å². The summed E-state index contributed by atoms with van der Waals surface area (Å²) < 4.78 is 8.63. The topological polar surface area (TPSA) is 81.1 Å². The fourth-order valence-corrected chi connectivity index (χ4v) is 5.06. The van der Waals surface area contributed by atoms with Crippen molar-refractivity contribution in [2.75, 3.05) is 13.1 Å². The Bertz CT molecular complexity index is 1110. The average Bonchev–Trinajstić information content (AvgIpc) is 3.41. The summed E-state index contributed by atoms with van der Waals surface area (Å²) in [5.41, 5.74) is 2.76. The number of rotatable bonds is 3. The van der Waals surface area contributed by atoms with Crippen LogP contribution in [0.5, 0.6) is 0 Å². The minimum atomic E-state index is 0.525. The third-order valence-corrected chi connectivity index (χ3v) is 6.95. The van der Waals surface area contributed by atoms with Gasteiger partial charge in [0.1, 0.15) is 14.2 Å². The molecule has 0 radical (unpaired) electrons. The number of halogens is 1. The van der Waals surface area contributed by atoms with Crippen LogP contribution in [-0.4, -0.2) is 37.6 Å². The fourth-order valence-electron chi connectivity index (χ4n) is 3.38. The van der Waals surface area contributed by atoms with Gasteiger partial charge in [-0.25, -0.2) is 9.97 Å². The van der Waals surface area contributed by atoms with Gasteiger partial charge in [-0.3, -0.25) is 4.40 Å². The zero-order valence-electron chi connectivity index (χ0n) is 14.6. The lowest BCUT2D eigenvalue weighted by atomic mass is 9.99. The first kappa shape index (κ1) is 17.3. The predicted molar refractivity (Wildman–Crippen MR) is 112 cm³/mol. The third-order valence-electron chi connectivity index (χ3n) is 4.84. The number of aryl methyl sites for hydroxylation is 1. The molecule has 7 nitrogen and oxygen atoms in total. The van der Waals surface area contributed by atoms with Crippen molar-refractivity contribution in [2.24, 2.45) is 0 Å². The van der Waals surface area contributed by atoms with E-state index >= 15 is 0 Å². The van der Waals surface area contributed by atoms with Gasteiger partial charge in [-0.2, -0.15) is 4.98 Å². The molecule has 1 aliphatic rings. The van der Waals surface area contributed by atoms with Crippen LogP contribution in [0.25, 0.3) is 27.8 Å². The molecule has 0 atom stereocenters. The van der Waals surface area contributed by atoms with Gasteiger partial charge < -0.3 is 9.84 Å². The molecule has 1 saturated heterocycles. The fraction of sp³-hybridized carbons (Fsp3) is 0.333. The largest absolute Gasteiger partial charge is 0.333 e. The van der Waals surface area contributed by atoms with Gasteiger partial charge in [-0.1, -0.05) is 5.16 Å². The number of nitrogens with one attached hydrogen (secondary N) is 1. The molecule has 4 aromatic rings. The molecule has 9 heteroatoms. The highest BCUT2D eigenvalue weighted by Crippen LogP contribution is 2.36. The predicted octanol–water partition coefficient (Wildman–Crippen LogP) is 3.89. The van der Waals surface area contributed by atoms with Crippen molar-refractivity contribution in [2.45, 2.75) is 25.7 Å². The molecular weight excluding hydrogens is 475 g/mol. The van der Waals surface area contributed by atoms with Crippen molar-refractivity contribution in [3.05, 3.63) is 38.9 Å². The summed E-state index contributed by atoms with van der Waals surface area (Å²) in [5, 5.41) is 8.77. The Morgan fingerprint density at radius 2 is 2.11 bits per heavy atom. The van der Waals surface area contributed by atoms with Gasteiger partial charge in [-0.05, 0) is 67.6 Å². The molecule has 0 spiro atoms. The number of hydrogen-bond donors (Lipinski definition) is 1. The molecule has 27 heavy (non-hydrogen) atoms. The molecule has 0 aliphatic carbocycles. The molecular formula is C18H17IN6OS. The Morgan fingerprint density at radius 3 is 2.96 bits per heavy atom. The van der Waals surface area contributed by atoms with Crippen LogP contribution in [0.2, 0.25) is 0 Å². The Morgan fingerprint density at radius 1 is 1.26 bits per heavy atom. The Labute approximate surface area is 173 Å².